The highest BCUT2D eigenvalue weighted by Gasteiger charge is 2.23. The molecule has 1 heterocycles. The standard InChI is InChI=1S/C19H25N3O3/c23-19(20-11-10-15-6-2-1-3-7-15)16-8-9-17(18(14-16)22(24)25)21-12-4-5-13-21/h6,8-9,14H,1-5,7,10-13H2,(H,20,23). The van der Waals surface area contributed by atoms with Crippen molar-refractivity contribution in [2.24, 2.45) is 0 Å². The van der Waals surface area contributed by atoms with E-state index in [4.69, 9.17) is 0 Å². The predicted octanol–water partition coefficient (Wildman–Crippen LogP) is 3.82. The summed E-state index contributed by atoms with van der Waals surface area (Å²) in [6, 6.07) is 4.81. The Hall–Kier alpha value is -2.37. The van der Waals surface area contributed by atoms with E-state index in [-0.39, 0.29) is 11.6 Å². The van der Waals surface area contributed by atoms with Gasteiger partial charge in [0.2, 0.25) is 0 Å². The molecule has 1 amide bonds. The minimum Gasteiger partial charge on any atom is -0.366 e. The third kappa shape index (κ3) is 4.38. The van der Waals surface area contributed by atoms with Gasteiger partial charge in [0.15, 0.2) is 0 Å². The summed E-state index contributed by atoms with van der Waals surface area (Å²) < 4.78 is 0. The number of carbonyl (C=O) groups is 1. The third-order valence-corrected chi connectivity index (χ3v) is 5.00. The fraction of sp³-hybridized carbons (Fsp3) is 0.526. The maximum atomic E-state index is 12.3. The molecule has 0 unspecified atom stereocenters. The molecule has 1 aromatic rings. The number of nitrogens with zero attached hydrogens (tertiary/aromatic N) is 2. The predicted molar refractivity (Wildman–Crippen MR) is 98.0 cm³/mol. The van der Waals surface area contributed by atoms with Crippen LogP contribution in [0.5, 0.6) is 0 Å². The van der Waals surface area contributed by atoms with Gasteiger partial charge in [-0.1, -0.05) is 11.6 Å². The van der Waals surface area contributed by atoms with Crippen molar-refractivity contribution in [1.29, 1.82) is 0 Å². The van der Waals surface area contributed by atoms with Crippen molar-refractivity contribution in [3.05, 3.63) is 45.5 Å². The molecule has 2 aliphatic rings. The first-order valence-electron chi connectivity index (χ1n) is 9.14. The number of nitro benzene ring substituents is 1. The Kier molecular flexibility index (Phi) is 5.68. The Bertz CT molecular complexity index is 678. The molecule has 6 heteroatoms. The first-order valence-corrected chi connectivity index (χ1v) is 9.14. The zero-order chi connectivity index (χ0) is 17.6. The molecular weight excluding hydrogens is 318 g/mol. The van der Waals surface area contributed by atoms with Gasteiger partial charge in [0.05, 0.1) is 4.92 Å². The normalized spacial score (nSPS) is 17.3. The highest BCUT2D eigenvalue weighted by atomic mass is 16.6. The lowest BCUT2D eigenvalue weighted by Crippen LogP contribution is -2.25. The molecule has 25 heavy (non-hydrogen) atoms. The van der Waals surface area contributed by atoms with E-state index in [0.29, 0.717) is 17.8 Å². The Morgan fingerprint density at radius 1 is 1.20 bits per heavy atom. The highest BCUT2D eigenvalue weighted by molar-refractivity contribution is 5.95. The smallest absolute Gasteiger partial charge is 0.293 e. The lowest BCUT2D eigenvalue weighted by Gasteiger charge is -2.18. The number of nitro groups is 1. The summed E-state index contributed by atoms with van der Waals surface area (Å²) in [6.45, 7) is 2.25. The zero-order valence-corrected chi connectivity index (χ0v) is 14.5. The van der Waals surface area contributed by atoms with Crippen molar-refractivity contribution < 1.29 is 9.72 Å². The minimum absolute atomic E-state index is 0.0181. The molecule has 1 aliphatic heterocycles. The first-order chi connectivity index (χ1) is 12.1. The molecule has 0 spiro atoms. The van der Waals surface area contributed by atoms with Crippen LogP contribution in [0.3, 0.4) is 0 Å². The van der Waals surface area contributed by atoms with Crippen LogP contribution in [0.1, 0.15) is 55.3 Å². The molecule has 1 fully saturated rings. The second kappa shape index (κ2) is 8.14. The molecule has 0 saturated carbocycles. The van der Waals surface area contributed by atoms with E-state index in [1.807, 2.05) is 4.90 Å². The van der Waals surface area contributed by atoms with Gasteiger partial charge in [0.25, 0.3) is 11.6 Å². The van der Waals surface area contributed by atoms with Gasteiger partial charge in [-0.2, -0.15) is 0 Å². The minimum atomic E-state index is -0.392. The Labute approximate surface area is 148 Å². The highest BCUT2D eigenvalue weighted by Crippen LogP contribution is 2.31. The van der Waals surface area contributed by atoms with Crippen LogP contribution >= 0.6 is 0 Å². The fourth-order valence-electron chi connectivity index (χ4n) is 3.61. The van der Waals surface area contributed by atoms with Crippen LogP contribution in [0.15, 0.2) is 29.8 Å². The average Bonchev–Trinajstić information content (AvgIpc) is 3.16. The number of hydrogen-bond donors (Lipinski definition) is 1. The maximum Gasteiger partial charge on any atom is 0.293 e. The van der Waals surface area contributed by atoms with Crippen LogP contribution in [-0.2, 0) is 0 Å². The Morgan fingerprint density at radius 2 is 2.00 bits per heavy atom. The first kappa shape index (κ1) is 17.5. The number of nitrogens with one attached hydrogen (secondary N) is 1. The van der Waals surface area contributed by atoms with Gasteiger partial charge in [-0.05, 0) is 57.1 Å². The third-order valence-electron chi connectivity index (χ3n) is 5.00. The number of anilines is 1. The molecule has 3 rings (SSSR count). The van der Waals surface area contributed by atoms with Crippen LogP contribution in [0, 0.1) is 10.1 Å². The SMILES string of the molecule is O=C(NCCC1=CCCCC1)c1ccc(N2CCCC2)c([N+](=O)[O-])c1. The Balaban J connectivity index is 1.64. The van der Waals surface area contributed by atoms with Gasteiger partial charge < -0.3 is 10.2 Å². The van der Waals surface area contributed by atoms with Gasteiger partial charge in [-0.15, -0.1) is 0 Å². The topological polar surface area (TPSA) is 75.5 Å². The van der Waals surface area contributed by atoms with Gasteiger partial charge in [0.1, 0.15) is 5.69 Å². The van der Waals surface area contributed by atoms with Crippen LogP contribution in [-0.4, -0.2) is 30.5 Å². The molecule has 1 saturated heterocycles. The number of hydrogen-bond acceptors (Lipinski definition) is 4. The summed E-state index contributed by atoms with van der Waals surface area (Å²) in [7, 11) is 0. The van der Waals surface area contributed by atoms with E-state index in [0.717, 1.165) is 45.2 Å². The van der Waals surface area contributed by atoms with Crippen molar-refractivity contribution in [2.45, 2.75) is 44.9 Å². The van der Waals surface area contributed by atoms with E-state index in [9.17, 15) is 14.9 Å². The van der Waals surface area contributed by atoms with E-state index in [2.05, 4.69) is 11.4 Å². The Morgan fingerprint density at radius 3 is 2.68 bits per heavy atom. The van der Waals surface area contributed by atoms with Crippen LogP contribution in [0.25, 0.3) is 0 Å². The van der Waals surface area contributed by atoms with Crippen molar-refractivity contribution in [1.82, 2.24) is 5.32 Å². The van der Waals surface area contributed by atoms with Gasteiger partial charge >= 0.3 is 0 Å². The monoisotopic (exact) mass is 343 g/mol. The number of allylic oxidation sites excluding steroid dienone is 1. The quantitative estimate of drug-likeness (QED) is 0.484. The van der Waals surface area contributed by atoms with E-state index < -0.39 is 4.92 Å². The van der Waals surface area contributed by atoms with Gasteiger partial charge in [-0.3, -0.25) is 14.9 Å². The second-order valence-electron chi connectivity index (χ2n) is 6.77. The summed E-state index contributed by atoms with van der Waals surface area (Å²) in [5, 5.41) is 14.3. The largest absolute Gasteiger partial charge is 0.366 e. The van der Waals surface area contributed by atoms with Crippen LogP contribution < -0.4 is 10.2 Å². The molecule has 1 aromatic carbocycles. The molecule has 1 aliphatic carbocycles. The molecule has 1 N–H and O–H groups in total. The molecule has 0 atom stereocenters. The lowest BCUT2D eigenvalue weighted by atomic mass is 9.97. The summed E-state index contributed by atoms with van der Waals surface area (Å²) >= 11 is 0. The van der Waals surface area contributed by atoms with E-state index in [1.54, 1.807) is 12.1 Å². The van der Waals surface area contributed by atoms with Crippen molar-refractivity contribution in [3.63, 3.8) is 0 Å². The summed E-state index contributed by atoms with van der Waals surface area (Å²) in [5.74, 6) is -0.243. The van der Waals surface area contributed by atoms with Crippen LogP contribution in [0.4, 0.5) is 11.4 Å². The number of amides is 1. The van der Waals surface area contributed by atoms with Crippen molar-refractivity contribution >= 4 is 17.3 Å². The molecule has 0 bridgehead atoms. The average molecular weight is 343 g/mol. The zero-order valence-electron chi connectivity index (χ0n) is 14.5. The number of benzene rings is 1. The van der Waals surface area contributed by atoms with Crippen molar-refractivity contribution in [2.75, 3.05) is 24.5 Å². The fourth-order valence-corrected chi connectivity index (χ4v) is 3.61. The molecule has 134 valence electrons. The van der Waals surface area contributed by atoms with Gasteiger partial charge in [-0.25, -0.2) is 0 Å². The van der Waals surface area contributed by atoms with Crippen molar-refractivity contribution in [3.8, 4) is 0 Å². The maximum absolute atomic E-state index is 12.3. The summed E-state index contributed by atoms with van der Waals surface area (Å²) in [4.78, 5) is 25.4. The van der Waals surface area contributed by atoms with E-state index >= 15 is 0 Å². The molecular formula is C19H25N3O3. The number of carbonyl (C=O) groups excluding carboxylic acids is 1. The van der Waals surface area contributed by atoms with Gasteiger partial charge in [0, 0.05) is 31.3 Å². The van der Waals surface area contributed by atoms with Crippen LogP contribution in [0.2, 0.25) is 0 Å². The number of rotatable bonds is 6. The summed E-state index contributed by atoms with van der Waals surface area (Å²) in [6.07, 6.45) is 9.96. The van der Waals surface area contributed by atoms with E-state index in [1.165, 1.54) is 24.5 Å². The molecule has 6 nitrogen and oxygen atoms in total. The summed E-state index contributed by atoms with van der Waals surface area (Å²) in [5.41, 5.74) is 2.39. The molecule has 0 aromatic heterocycles. The molecule has 0 radical (unpaired) electrons. The second-order valence-corrected chi connectivity index (χ2v) is 6.77. The lowest BCUT2D eigenvalue weighted by molar-refractivity contribution is -0.384.